The van der Waals surface area contributed by atoms with Crippen LogP contribution < -0.4 is 10.6 Å². The second-order valence-corrected chi connectivity index (χ2v) is 7.25. The number of carbonyl (C=O) groups excluding carboxylic acids is 3. The molecule has 0 bridgehead atoms. The molecular formula is C21H17N3O6S. The summed E-state index contributed by atoms with van der Waals surface area (Å²) in [5.74, 6) is -3.37. The highest BCUT2D eigenvalue weighted by Gasteiger charge is 2.28. The first-order valence-corrected chi connectivity index (χ1v) is 9.73. The summed E-state index contributed by atoms with van der Waals surface area (Å²) in [5.41, 5.74) is 0.263. The summed E-state index contributed by atoms with van der Waals surface area (Å²) in [6, 6.07) is 11.4. The van der Waals surface area contributed by atoms with E-state index in [2.05, 4.69) is 15.6 Å². The van der Waals surface area contributed by atoms with Crippen molar-refractivity contribution in [1.82, 2.24) is 4.98 Å². The van der Waals surface area contributed by atoms with Crippen LogP contribution in [0.1, 0.15) is 46.4 Å². The van der Waals surface area contributed by atoms with E-state index in [-0.39, 0.29) is 26.7 Å². The molecule has 0 aliphatic rings. The van der Waals surface area contributed by atoms with Gasteiger partial charge in [0.2, 0.25) is 0 Å². The van der Waals surface area contributed by atoms with Gasteiger partial charge in [-0.1, -0.05) is 18.2 Å². The topological polar surface area (TPSA) is 135 Å². The predicted molar refractivity (Wildman–Crippen MR) is 114 cm³/mol. The van der Waals surface area contributed by atoms with Crippen LogP contribution in [0.4, 0.5) is 10.7 Å². The highest BCUT2D eigenvalue weighted by atomic mass is 32.1. The fourth-order valence-corrected chi connectivity index (χ4v) is 3.88. The number of hydrogen-bond acceptors (Lipinski definition) is 7. The first-order valence-electron chi connectivity index (χ1n) is 8.91. The van der Waals surface area contributed by atoms with Gasteiger partial charge in [-0.25, -0.2) is 9.59 Å². The number of thiophene rings is 1. The molecule has 0 aliphatic heterocycles. The van der Waals surface area contributed by atoms with Gasteiger partial charge in [-0.2, -0.15) is 0 Å². The number of para-hydroxylation sites is 1. The van der Waals surface area contributed by atoms with E-state index in [4.69, 9.17) is 4.74 Å². The number of benzene rings is 1. The third-order valence-electron chi connectivity index (χ3n) is 4.25. The maximum atomic E-state index is 12.8. The summed E-state index contributed by atoms with van der Waals surface area (Å²) in [4.78, 5) is 53.2. The van der Waals surface area contributed by atoms with E-state index >= 15 is 0 Å². The minimum Gasteiger partial charge on any atom is -0.478 e. The number of carboxylic acids is 1. The number of nitrogens with zero attached hydrogens (tertiary/aromatic N) is 1. The van der Waals surface area contributed by atoms with Crippen molar-refractivity contribution in [1.29, 1.82) is 0 Å². The number of anilines is 2. The predicted octanol–water partition coefficient (Wildman–Crippen LogP) is 3.44. The fourth-order valence-electron chi connectivity index (χ4n) is 2.80. The average molecular weight is 439 g/mol. The Morgan fingerprint density at radius 1 is 1.00 bits per heavy atom. The number of pyridine rings is 1. The molecule has 0 radical (unpaired) electrons. The zero-order valence-electron chi connectivity index (χ0n) is 16.5. The summed E-state index contributed by atoms with van der Waals surface area (Å²) < 4.78 is 4.79. The van der Waals surface area contributed by atoms with Crippen LogP contribution in [0.25, 0.3) is 0 Å². The van der Waals surface area contributed by atoms with Crippen LogP contribution in [0.5, 0.6) is 0 Å². The number of rotatable bonds is 6. The van der Waals surface area contributed by atoms with Crippen molar-refractivity contribution in [2.24, 2.45) is 0 Å². The summed E-state index contributed by atoms with van der Waals surface area (Å²) in [5, 5.41) is 14.5. The van der Waals surface area contributed by atoms with Crippen LogP contribution in [0.3, 0.4) is 0 Å². The Kier molecular flexibility index (Phi) is 6.41. The maximum Gasteiger partial charge on any atom is 0.341 e. The number of nitrogens with one attached hydrogen (secondary N) is 2. The maximum absolute atomic E-state index is 12.8. The number of aromatic nitrogens is 1. The fraction of sp³-hybridized carbons (Fsp3) is 0.0952. The van der Waals surface area contributed by atoms with E-state index in [9.17, 15) is 24.3 Å². The monoisotopic (exact) mass is 439 g/mol. The molecule has 0 saturated carbocycles. The molecule has 2 aromatic heterocycles. The van der Waals surface area contributed by atoms with E-state index in [0.717, 1.165) is 11.3 Å². The molecule has 0 aliphatic carbocycles. The van der Waals surface area contributed by atoms with Gasteiger partial charge in [0.25, 0.3) is 11.8 Å². The number of ether oxygens (including phenoxy) is 1. The van der Waals surface area contributed by atoms with E-state index in [1.54, 1.807) is 37.3 Å². The van der Waals surface area contributed by atoms with Crippen LogP contribution in [0.2, 0.25) is 0 Å². The van der Waals surface area contributed by atoms with Crippen LogP contribution in [-0.2, 0) is 4.74 Å². The second-order valence-electron chi connectivity index (χ2n) is 6.23. The lowest BCUT2D eigenvalue weighted by molar-refractivity contribution is 0.0600. The van der Waals surface area contributed by atoms with Crippen LogP contribution >= 0.6 is 11.3 Å². The minimum atomic E-state index is -1.32. The van der Waals surface area contributed by atoms with Gasteiger partial charge in [0.15, 0.2) is 0 Å². The number of aromatic carboxylic acids is 1. The number of hydrogen-bond donors (Lipinski definition) is 3. The minimum absolute atomic E-state index is 0.00636. The van der Waals surface area contributed by atoms with E-state index in [0.29, 0.717) is 11.3 Å². The Balaban J connectivity index is 1.97. The van der Waals surface area contributed by atoms with Crippen molar-refractivity contribution in [3.05, 3.63) is 75.9 Å². The van der Waals surface area contributed by atoms with Crippen molar-refractivity contribution >= 4 is 45.8 Å². The van der Waals surface area contributed by atoms with Gasteiger partial charge in [-0.15, -0.1) is 11.3 Å². The molecule has 0 spiro atoms. The van der Waals surface area contributed by atoms with Crippen molar-refractivity contribution in [2.75, 3.05) is 17.7 Å². The Bertz CT molecular complexity index is 1170. The molecule has 2 amide bonds. The largest absolute Gasteiger partial charge is 0.478 e. The molecule has 3 N–H and O–H groups in total. The standard InChI is InChI=1S/C21H17N3O6S/c1-11-14(21(29)30-2)19(24-17(25)15-13(20(27)28)9-6-10-22-15)31-16(11)18(26)23-12-7-4-3-5-8-12/h3-10H,1-2H3,(H,23,26)(H,24,25)(H,27,28). The Morgan fingerprint density at radius 3 is 2.35 bits per heavy atom. The van der Waals surface area contributed by atoms with Crippen molar-refractivity contribution in [3.8, 4) is 0 Å². The smallest absolute Gasteiger partial charge is 0.341 e. The molecule has 31 heavy (non-hydrogen) atoms. The lowest BCUT2D eigenvalue weighted by Gasteiger charge is -2.07. The number of esters is 1. The normalized spacial score (nSPS) is 10.3. The molecule has 158 valence electrons. The zero-order chi connectivity index (χ0) is 22.5. The first kappa shape index (κ1) is 21.7. The molecular weight excluding hydrogens is 422 g/mol. The molecule has 10 heteroatoms. The Labute approximate surface area is 180 Å². The van der Waals surface area contributed by atoms with Gasteiger partial charge in [0.05, 0.1) is 23.1 Å². The van der Waals surface area contributed by atoms with E-state index in [1.807, 2.05) is 0 Å². The first-order chi connectivity index (χ1) is 14.8. The summed E-state index contributed by atoms with van der Waals surface area (Å²) in [6.07, 6.45) is 1.28. The number of carboxylic acid groups (broad SMARTS) is 1. The van der Waals surface area contributed by atoms with Crippen molar-refractivity contribution in [2.45, 2.75) is 6.92 Å². The summed E-state index contributed by atoms with van der Waals surface area (Å²) in [6.45, 7) is 1.56. The van der Waals surface area contributed by atoms with Gasteiger partial charge in [0.1, 0.15) is 10.7 Å². The molecule has 1 aromatic carbocycles. The third-order valence-corrected chi connectivity index (χ3v) is 5.46. The van der Waals surface area contributed by atoms with Crippen molar-refractivity contribution in [3.63, 3.8) is 0 Å². The van der Waals surface area contributed by atoms with Crippen LogP contribution in [0.15, 0.2) is 48.7 Å². The molecule has 0 unspecified atom stereocenters. The van der Waals surface area contributed by atoms with Crippen LogP contribution in [-0.4, -0.2) is 41.0 Å². The highest BCUT2D eigenvalue weighted by Crippen LogP contribution is 2.34. The van der Waals surface area contributed by atoms with Gasteiger partial charge >= 0.3 is 11.9 Å². The Hall–Kier alpha value is -4.05. The molecule has 3 aromatic rings. The molecule has 0 saturated heterocycles. The summed E-state index contributed by atoms with van der Waals surface area (Å²) >= 11 is 0.874. The molecule has 0 fully saturated rings. The molecule has 9 nitrogen and oxygen atoms in total. The van der Waals surface area contributed by atoms with Gasteiger partial charge in [-0.3, -0.25) is 14.6 Å². The molecule has 3 rings (SSSR count). The number of carbonyl (C=O) groups is 4. The summed E-state index contributed by atoms with van der Waals surface area (Å²) in [7, 11) is 1.18. The lowest BCUT2D eigenvalue weighted by atomic mass is 10.1. The molecule has 0 atom stereocenters. The van der Waals surface area contributed by atoms with Gasteiger partial charge < -0.3 is 20.5 Å². The number of amides is 2. The SMILES string of the molecule is COC(=O)c1c(NC(=O)c2ncccc2C(=O)O)sc(C(=O)Nc2ccccc2)c1C. The second kappa shape index (κ2) is 9.18. The zero-order valence-corrected chi connectivity index (χ0v) is 17.3. The Morgan fingerprint density at radius 2 is 1.71 bits per heavy atom. The highest BCUT2D eigenvalue weighted by molar-refractivity contribution is 7.19. The number of methoxy groups -OCH3 is 1. The van der Waals surface area contributed by atoms with Gasteiger partial charge in [0, 0.05) is 11.9 Å². The lowest BCUT2D eigenvalue weighted by Crippen LogP contribution is -2.19. The van der Waals surface area contributed by atoms with Crippen molar-refractivity contribution < 1.29 is 29.0 Å². The van der Waals surface area contributed by atoms with Crippen LogP contribution in [0, 0.1) is 6.92 Å². The third kappa shape index (κ3) is 4.59. The quantitative estimate of drug-likeness (QED) is 0.501. The average Bonchev–Trinajstić information content (AvgIpc) is 3.09. The molecule has 2 heterocycles. The van der Waals surface area contributed by atoms with E-state index in [1.165, 1.54) is 25.4 Å². The van der Waals surface area contributed by atoms with Gasteiger partial charge in [-0.05, 0) is 36.8 Å². The van der Waals surface area contributed by atoms with E-state index < -0.39 is 23.8 Å².